The first-order chi connectivity index (χ1) is 18.6. The van der Waals surface area contributed by atoms with Crippen molar-refractivity contribution in [3.8, 4) is 11.3 Å². The molecule has 2 atom stereocenters. The number of amides is 3. The molecule has 0 radical (unpaired) electrons. The van der Waals surface area contributed by atoms with Crippen LogP contribution in [0.3, 0.4) is 0 Å². The summed E-state index contributed by atoms with van der Waals surface area (Å²) < 4.78 is 5.68. The third-order valence-electron chi connectivity index (χ3n) is 6.39. The number of benzene rings is 2. The summed E-state index contributed by atoms with van der Waals surface area (Å²) in [7, 11) is 0. The summed E-state index contributed by atoms with van der Waals surface area (Å²) >= 11 is 0. The van der Waals surface area contributed by atoms with Crippen LogP contribution in [0.15, 0.2) is 77.2 Å². The van der Waals surface area contributed by atoms with Gasteiger partial charge in [-0.25, -0.2) is 5.06 Å². The Bertz CT molecular complexity index is 1130. The van der Waals surface area contributed by atoms with Gasteiger partial charge in [-0.2, -0.15) is 0 Å². The molecule has 38 heavy (non-hydrogen) atoms. The van der Waals surface area contributed by atoms with Gasteiger partial charge in [-0.05, 0) is 30.5 Å². The van der Waals surface area contributed by atoms with Crippen LogP contribution in [0.2, 0.25) is 0 Å². The topological polar surface area (TPSA) is 101 Å². The van der Waals surface area contributed by atoms with Crippen molar-refractivity contribution in [2.75, 3.05) is 6.67 Å². The first-order valence-corrected chi connectivity index (χ1v) is 13.2. The van der Waals surface area contributed by atoms with E-state index in [0.717, 1.165) is 30.4 Å². The lowest BCUT2D eigenvalue weighted by Crippen LogP contribution is -2.48. The van der Waals surface area contributed by atoms with Crippen molar-refractivity contribution in [3.05, 3.63) is 84.1 Å². The van der Waals surface area contributed by atoms with E-state index in [9.17, 15) is 14.4 Å². The molecule has 8 nitrogen and oxygen atoms in total. The molecule has 3 aromatic rings. The molecule has 202 valence electrons. The minimum Gasteiger partial charge on any atom is -0.451 e. The van der Waals surface area contributed by atoms with Crippen LogP contribution in [0.5, 0.6) is 0 Å². The summed E-state index contributed by atoms with van der Waals surface area (Å²) in [6, 6.07) is 21.9. The predicted molar refractivity (Wildman–Crippen MR) is 145 cm³/mol. The van der Waals surface area contributed by atoms with Crippen LogP contribution in [-0.2, 0) is 21.0 Å². The predicted octanol–water partition coefficient (Wildman–Crippen LogP) is 5.32. The Labute approximate surface area is 224 Å². The molecule has 0 saturated heterocycles. The molecule has 2 N–H and O–H groups in total. The molecule has 2 unspecified atom stereocenters. The molecule has 2 aromatic carbocycles. The molecule has 1 heterocycles. The summed E-state index contributed by atoms with van der Waals surface area (Å²) in [6.45, 7) is 4.19. The van der Waals surface area contributed by atoms with E-state index >= 15 is 0 Å². The Morgan fingerprint density at radius 1 is 0.947 bits per heavy atom. The molecule has 1 aromatic heterocycles. The zero-order valence-corrected chi connectivity index (χ0v) is 22.1. The number of nitrogens with one attached hydrogen (secondary N) is 2. The van der Waals surface area contributed by atoms with Gasteiger partial charge in [0.15, 0.2) is 5.76 Å². The Balaban J connectivity index is 1.59. The van der Waals surface area contributed by atoms with E-state index in [2.05, 4.69) is 17.6 Å². The molecule has 0 spiro atoms. The lowest BCUT2D eigenvalue weighted by Gasteiger charge is -2.32. The summed E-state index contributed by atoms with van der Waals surface area (Å²) in [5.74, 6) is -0.412. The van der Waals surface area contributed by atoms with Gasteiger partial charge in [-0.1, -0.05) is 93.8 Å². The fourth-order valence-electron chi connectivity index (χ4n) is 4.33. The first kappa shape index (κ1) is 28.7. The van der Waals surface area contributed by atoms with Crippen molar-refractivity contribution < 1.29 is 23.6 Å². The number of hydrogen-bond donors (Lipinski definition) is 2. The molecular weight excluding hydrogens is 482 g/mol. The van der Waals surface area contributed by atoms with E-state index in [0.29, 0.717) is 25.0 Å². The second-order valence-corrected chi connectivity index (χ2v) is 9.06. The SMILES string of the molecule is CCCCCC(C(=O)NCNC(=O)c1ccc(-c2ccccc2)o1)C(CC)N(C=O)OCc1ccccc1. The second kappa shape index (κ2) is 15.4. The summed E-state index contributed by atoms with van der Waals surface area (Å²) in [4.78, 5) is 43.6. The highest BCUT2D eigenvalue weighted by Crippen LogP contribution is 2.23. The number of nitrogens with zero attached hydrogens (tertiary/aromatic N) is 1. The van der Waals surface area contributed by atoms with Crippen LogP contribution in [0, 0.1) is 5.92 Å². The maximum Gasteiger partial charge on any atom is 0.288 e. The van der Waals surface area contributed by atoms with Gasteiger partial charge < -0.3 is 15.1 Å². The second-order valence-electron chi connectivity index (χ2n) is 9.06. The molecule has 3 rings (SSSR count). The standard InChI is InChI=1S/C30H37N3O5/c1-3-5-8-17-25(26(4-2)33(22-34)37-20-23-13-9-6-10-14-23)29(35)31-21-32-30(36)28-19-18-27(38-28)24-15-11-7-12-16-24/h6-7,9-16,18-19,22,25-26H,3-5,8,17,20-21H2,1-2H3,(H,31,35)(H,32,36). The third kappa shape index (κ3) is 8.31. The molecule has 0 bridgehead atoms. The highest BCUT2D eigenvalue weighted by atomic mass is 16.7. The Hall–Kier alpha value is -3.91. The highest BCUT2D eigenvalue weighted by molar-refractivity contribution is 5.92. The van der Waals surface area contributed by atoms with E-state index in [1.807, 2.05) is 67.6 Å². The molecule has 0 fully saturated rings. The maximum absolute atomic E-state index is 13.3. The van der Waals surface area contributed by atoms with Crippen LogP contribution in [-0.4, -0.2) is 36.0 Å². The zero-order valence-electron chi connectivity index (χ0n) is 22.1. The fourth-order valence-corrected chi connectivity index (χ4v) is 4.33. The monoisotopic (exact) mass is 519 g/mol. The number of furan rings is 1. The average molecular weight is 520 g/mol. The van der Waals surface area contributed by atoms with Gasteiger partial charge >= 0.3 is 0 Å². The van der Waals surface area contributed by atoms with Crippen LogP contribution in [0.1, 0.15) is 62.1 Å². The molecule has 0 saturated carbocycles. The zero-order chi connectivity index (χ0) is 27.2. The van der Waals surface area contributed by atoms with Crippen LogP contribution in [0.4, 0.5) is 0 Å². The summed E-state index contributed by atoms with van der Waals surface area (Å²) in [5.41, 5.74) is 1.80. The van der Waals surface area contributed by atoms with Crippen molar-refractivity contribution in [1.29, 1.82) is 0 Å². The number of carbonyl (C=O) groups is 3. The molecule has 0 aliphatic carbocycles. The summed E-state index contributed by atoms with van der Waals surface area (Å²) in [5, 5.41) is 6.75. The van der Waals surface area contributed by atoms with Crippen LogP contribution >= 0.6 is 0 Å². The van der Waals surface area contributed by atoms with E-state index in [1.165, 1.54) is 5.06 Å². The largest absolute Gasteiger partial charge is 0.451 e. The van der Waals surface area contributed by atoms with Gasteiger partial charge in [0.2, 0.25) is 12.3 Å². The van der Waals surface area contributed by atoms with Crippen molar-refractivity contribution in [1.82, 2.24) is 15.7 Å². The van der Waals surface area contributed by atoms with Crippen molar-refractivity contribution >= 4 is 18.2 Å². The van der Waals surface area contributed by atoms with Crippen molar-refractivity contribution in [2.24, 2.45) is 5.92 Å². The number of unbranched alkanes of at least 4 members (excludes halogenated alkanes) is 2. The van der Waals surface area contributed by atoms with E-state index in [-0.39, 0.29) is 24.9 Å². The number of hydroxylamine groups is 2. The van der Waals surface area contributed by atoms with E-state index in [4.69, 9.17) is 9.25 Å². The smallest absolute Gasteiger partial charge is 0.288 e. The highest BCUT2D eigenvalue weighted by Gasteiger charge is 2.32. The lowest BCUT2D eigenvalue weighted by atomic mass is 9.90. The minimum absolute atomic E-state index is 0.0638. The third-order valence-corrected chi connectivity index (χ3v) is 6.39. The maximum atomic E-state index is 13.3. The molecular formula is C30H37N3O5. The fraction of sp³-hybridized carbons (Fsp3) is 0.367. The summed E-state index contributed by atoms with van der Waals surface area (Å²) in [6.07, 6.45) is 4.61. The minimum atomic E-state index is -0.488. The normalized spacial score (nSPS) is 12.4. The molecule has 0 aliphatic heterocycles. The van der Waals surface area contributed by atoms with Crippen molar-refractivity contribution in [2.45, 2.75) is 58.6 Å². The molecule has 3 amide bonds. The molecule has 8 heteroatoms. The number of carbonyl (C=O) groups excluding carboxylic acids is 3. The quantitative estimate of drug-likeness (QED) is 0.116. The Morgan fingerprint density at radius 3 is 2.32 bits per heavy atom. The van der Waals surface area contributed by atoms with Gasteiger partial charge in [0.1, 0.15) is 12.4 Å². The molecule has 0 aliphatic rings. The number of rotatable bonds is 16. The average Bonchev–Trinajstić information content (AvgIpc) is 3.46. The van der Waals surface area contributed by atoms with Crippen LogP contribution < -0.4 is 10.6 Å². The van der Waals surface area contributed by atoms with Gasteiger partial charge in [-0.3, -0.25) is 19.2 Å². The van der Waals surface area contributed by atoms with Gasteiger partial charge in [0, 0.05) is 5.56 Å². The first-order valence-electron chi connectivity index (χ1n) is 13.2. The van der Waals surface area contributed by atoms with E-state index < -0.39 is 17.9 Å². The Morgan fingerprint density at radius 2 is 1.66 bits per heavy atom. The van der Waals surface area contributed by atoms with Crippen LogP contribution in [0.25, 0.3) is 11.3 Å². The van der Waals surface area contributed by atoms with Gasteiger partial charge in [-0.15, -0.1) is 0 Å². The van der Waals surface area contributed by atoms with Gasteiger partial charge in [0.25, 0.3) is 5.91 Å². The van der Waals surface area contributed by atoms with Crippen molar-refractivity contribution in [3.63, 3.8) is 0 Å². The van der Waals surface area contributed by atoms with E-state index in [1.54, 1.807) is 12.1 Å². The number of hydrogen-bond acceptors (Lipinski definition) is 5. The lowest BCUT2D eigenvalue weighted by molar-refractivity contribution is -0.200. The Kier molecular flexibility index (Phi) is 11.6. The van der Waals surface area contributed by atoms with Gasteiger partial charge in [0.05, 0.1) is 18.6 Å².